The van der Waals surface area contributed by atoms with Crippen molar-refractivity contribution >= 4 is 5.97 Å². The van der Waals surface area contributed by atoms with E-state index < -0.39 is 0 Å². The quantitative estimate of drug-likeness (QED) is 0.589. The fourth-order valence-corrected chi connectivity index (χ4v) is 2.83. The van der Waals surface area contributed by atoms with Crippen molar-refractivity contribution in [2.75, 3.05) is 6.79 Å². The normalized spacial score (nSPS) is 20.3. The van der Waals surface area contributed by atoms with Gasteiger partial charge in [0.15, 0.2) is 6.79 Å². The zero-order valence-electron chi connectivity index (χ0n) is 13.6. The van der Waals surface area contributed by atoms with Crippen LogP contribution in [0.15, 0.2) is 60.7 Å². The molecule has 126 valence electrons. The lowest BCUT2D eigenvalue weighted by Crippen LogP contribution is -2.29. The molecule has 1 aliphatic rings. The summed E-state index contributed by atoms with van der Waals surface area (Å²) < 4.78 is 16.9. The van der Waals surface area contributed by atoms with Crippen LogP contribution in [-0.2, 0) is 9.47 Å². The minimum Gasteiger partial charge on any atom is -0.468 e. The van der Waals surface area contributed by atoms with Crippen molar-refractivity contribution < 1.29 is 19.0 Å². The minimum absolute atomic E-state index is 0.0207. The van der Waals surface area contributed by atoms with E-state index in [0.717, 1.165) is 31.4 Å². The number of benzene rings is 2. The Morgan fingerprint density at radius 2 is 1.42 bits per heavy atom. The third-order valence-electron chi connectivity index (χ3n) is 4.18. The van der Waals surface area contributed by atoms with E-state index in [2.05, 4.69) is 0 Å². The highest BCUT2D eigenvalue weighted by Crippen LogP contribution is 2.24. The van der Waals surface area contributed by atoms with Gasteiger partial charge in [-0.2, -0.15) is 0 Å². The highest BCUT2D eigenvalue weighted by Gasteiger charge is 2.24. The predicted molar refractivity (Wildman–Crippen MR) is 90.9 cm³/mol. The monoisotopic (exact) mass is 326 g/mol. The van der Waals surface area contributed by atoms with Crippen LogP contribution in [0.25, 0.3) is 0 Å². The molecule has 1 saturated carbocycles. The van der Waals surface area contributed by atoms with Gasteiger partial charge in [-0.25, -0.2) is 4.79 Å². The van der Waals surface area contributed by atoms with Crippen molar-refractivity contribution in [3.8, 4) is 5.75 Å². The summed E-state index contributed by atoms with van der Waals surface area (Å²) in [4.78, 5) is 12.0. The van der Waals surface area contributed by atoms with Gasteiger partial charge in [-0.1, -0.05) is 36.4 Å². The van der Waals surface area contributed by atoms with E-state index >= 15 is 0 Å². The molecule has 0 saturated heterocycles. The van der Waals surface area contributed by atoms with Crippen LogP contribution in [0.2, 0.25) is 0 Å². The van der Waals surface area contributed by atoms with E-state index in [9.17, 15) is 4.79 Å². The highest BCUT2D eigenvalue weighted by atomic mass is 16.7. The molecule has 3 rings (SSSR count). The molecule has 2 aromatic carbocycles. The maximum atomic E-state index is 12.0. The topological polar surface area (TPSA) is 44.8 Å². The van der Waals surface area contributed by atoms with Gasteiger partial charge < -0.3 is 14.2 Å². The van der Waals surface area contributed by atoms with Crippen molar-refractivity contribution in [1.29, 1.82) is 0 Å². The molecule has 0 aromatic heterocycles. The van der Waals surface area contributed by atoms with Gasteiger partial charge in [-0.05, 0) is 49.9 Å². The maximum Gasteiger partial charge on any atom is 0.338 e. The number of rotatable bonds is 6. The Labute approximate surface area is 142 Å². The first-order chi connectivity index (χ1) is 11.8. The Hall–Kier alpha value is -2.33. The van der Waals surface area contributed by atoms with Crippen LogP contribution in [-0.4, -0.2) is 25.0 Å². The number of esters is 1. The number of carbonyl (C=O) groups is 1. The fourth-order valence-electron chi connectivity index (χ4n) is 2.83. The van der Waals surface area contributed by atoms with Crippen molar-refractivity contribution in [2.45, 2.75) is 37.9 Å². The van der Waals surface area contributed by atoms with Crippen LogP contribution in [0.4, 0.5) is 0 Å². The molecule has 0 unspecified atom stereocenters. The highest BCUT2D eigenvalue weighted by molar-refractivity contribution is 5.89. The van der Waals surface area contributed by atoms with Crippen LogP contribution in [0, 0.1) is 0 Å². The van der Waals surface area contributed by atoms with Gasteiger partial charge >= 0.3 is 5.97 Å². The van der Waals surface area contributed by atoms with Gasteiger partial charge in [0.25, 0.3) is 0 Å². The summed E-state index contributed by atoms with van der Waals surface area (Å²) in [5.41, 5.74) is 0.604. The van der Waals surface area contributed by atoms with Crippen molar-refractivity contribution in [3.05, 3.63) is 66.2 Å². The summed E-state index contributed by atoms with van der Waals surface area (Å²) in [7, 11) is 0. The van der Waals surface area contributed by atoms with Crippen molar-refractivity contribution in [1.82, 2.24) is 0 Å². The molecule has 0 radical (unpaired) electrons. The zero-order chi connectivity index (χ0) is 16.6. The fraction of sp³-hybridized carbons (Fsp3) is 0.350. The molecule has 1 fully saturated rings. The molecule has 0 aliphatic heterocycles. The lowest BCUT2D eigenvalue weighted by atomic mass is 9.95. The second kappa shape index (κ2) is 8.50. The van der Waals surface area contributed by atoms with Crippen LogP contribution in [0.5, 0.6) is 5.75 Å². The Bertz CT molecular complexity index is 619. The van der Waals surface area contributed by atoms with E-state index in [0.29, 0.717) is 5.56 Å². The molecule has 4 nitrogen and oxygen atoms in total. The van der Waals surface area contributed by atoms with Crippen LogP contribution in [0.3, 0.4) is 0 Å². The smallest absolute Gasteiger partial charge is 0.338 e. The van der Waals surface area contributed by atoms with Crippen LogP contribution >= 0.6 is 0 Å². The first-order valence-electron chi connectivity index (χ1n) is 8.37. The lowest BCUT2D eigenvalue weighted by molar-refractivity contribution is -0.0666. The first-order valence-corrected chi connectivity index (χ1v) is 8.37. The summed E-state index contributed by atoms with van der Waals surface area (Å²) in [6.07, 6.45) is 3.56. The largest absolute Gasteiger partial charge is 0.468 e. The van der Waals surface area contributed by atoms with E-state index in [4.69, 9.17) is 14.2 Å². The number of hydrogen-bond donors (Lipinski definition) is 0. The van der Waals surface area contributed by atoms with Crippen molar-refractivity contribution in [3.63, 3.8) is 0 Å². The van der Waals surface area contributed by atoms with E-state index in [1.54, 1.807) is 12.1 Å². The maximum absolute atomic E-state index is 12.0. The SMILES string of the molecule is O=C(OC1CCC(OCOc2ccccc2)CC1)c1ccccc1. The molecule has 0 atom stereocenters. The lowest BCUT2D eigenvalue weighted by Gasteiger charge is -2.28. The van der Waals surface area contributed by atoms with Gasteiger partial charge in [0.05, 0.1) is 11.7 Å². The summed E-state index contributed by atoms with van der Waals surface area (Å²) in [6.45, 7) is 0.253. The number of hydrogen-bond acceptors (Lipinski definition) is 4. The van der Waals surface area contributed by atoms with Gasteiger partial charge in [0.2, 0.25) is 0 Å². The van der Waals surface area contributed by atoms with E-state index in [1.807, 2.05) is 48.5 Å². The third-order valence-corrected chi connectivity index (χ3v) is 4.18. The Morgan fingerprint density at radius 1 is 0.833 bits per heavy atom. The predicted octanol–water partition coefficient (Wildman–Crippen LogP) is 4.21. The molecule has 0 spiro atoms. The van der Waals surface area contributed by atoms with Crippen molar-refractivity contribution in [2.24, 2.45) is 0 Å². The van der Waals surface area contributed by atoms with Gasteiger partial charge in [-0.15, -0.1) is 0 Å². The summed E-state index contributed by atoms with van der Waals surface area (Å²) in [6, 6.07) is 18.7. The molecule has 0 amide bonds. The molecule has 0 heterocycles. The summed E-state index contributed by atoms with van der Waals surface area (Å²) >= 11 is 0. The van der Waals surface area contributed by atoms with Crippen LogP contribution < -0.4 is 4.74 Å². The van der Waals surface area contributed by atoms with Gasteiger partial charge in [0, 0.05) is 0 Å². The molecular weight excluding hydrogens is 304 g/mol. The summed E-state index contributed by atoms with van der Waals surface area (Å²) in [5.74, 6) is 0.565. The molecule has 24 heavy (non-hydrogen) atoms. The molecule has 1 aliphatic carbocycles. The molecule has 0 N–H and O–H groups in total. The summed E-state index contributed by atoms with van der Waals surface area (Å²) in [5, 5.41) is 0. The van der Waals surface area contributed by atoms with Crippen LogP contribution in [0.1, 0.15) is 36.0 Å². The van der Waals surface area contributed by atoms with Gasteiger partial charge in [-0.3, -0.25) is 0 Å². The molecular formula is C20H22O4. The zero-order valence-corrected chi connectivity index (χ0v) is 13.6. The number of ether oxygens (including phenoxy) is 3. The average Bonchev–Trinajstić information content (AvgIpc) is 2.65. The average molecular weight is 326 g/mol. The molecule has 0 bridgehead atoms. The van der Waals surface area contributed by atoms with Gasteiger partial charge in [0.1, 0.15) is 11.9 Å². The Kier molecular flexibility index (Phi) is 5.85. The second-order valence-corrected chi connectivity index (χ2v) is 5.91. The minimum atomic E-state index is -0.243. The molecule has 2 aromatic rings. The molecule has 4 heteroatoms. The number of carbonyl (C=O) groups excluding carboxylic acids is 1. The Balaban J connectivity index is 1.36. The third kappa shape index (κ3) is 4.83. The number of para-hydroxylation sites is 1. The Morgan fingerprint density at radius 3 is 2.08 bits per heavy atom. The standard InChI is InChI=1S/C20H22O4/c21-20(16-7-3-1-4-8-16)24-19-13-11-18(12-14-19)23-15-22-17-9-5-2-6-10-17/h1-10,18-19H,11-15H2. The van der Waals surface area contributed by atoms with E-state index in [1.165, 1.54) is 0 Å². The van der Waals surface area contributed by atoms with E-state index in [-0.39, 0.29) is 25.0 Å². The first kappa shape index (κ1) is 16.5. The second-order valence-electron chi connectivity index (χ2n) is 5.91.